The van der Waals surface area contributed by atoms with Crippen LogP contribution in [-0.4, -0.2) is 37.6 Å². The molecular weight excluding hydrogens is 447 g/mol. The minimum Gasteiger partial charge on any atom is -0.497 e. The predicted octanol–water partition coefficient (Wildman–Crippen LogP) is 4.44. The first-order chi connectivity index (χ1) is 17.0. The standard InChI is InChI=1S/C26H23FN6O2/c1-17-25-23(19-6-8-20(27)9-7-19)10-11-28-26(25)33(31-17)16-24(34)30-21-13-29-32(15-21)14-18-4-3-5-22(12-18)35-2/h3-13,15H,14,16H2,1-2H3,(H,30,34). The number of benzene rings is 2. The van der Waals surface area contributed by atoms with Crippen LogP contribution in [0.2, 0.25) is 0 Å². The average Bonchev–Trinajstić information content (AvgIpc) is 3.43. The highest BCUT2D eigenvalue weighted by atomic mass is 19.1. The molecule has 5 rings (SSSR count). The molecule has 0 atom stereocenters. The number of nitrogens with one attached hydrogen (secondary N) is 1. The van der Waals surface area contributed by atoms with Crippen LogP contribution in [0.15, 0.2) is 73.2 Å². The van der Waals surface area contributed by atoms with Gasteiger partial charge in [-0.2, -0.15) is 10.2 Å². The zero-order valence-electron chi connectivity index (χ0n) is 19.3. The van der Waals surface area contributed by atoms with Crippen LogP contribution in [-0.2, 0) is 17.9 Å². The maximum absolute atomic E-state index is 13.4. The fraction of sp³-hybridized carbons (Fsp3) is 0.154. The number of fused-ring (bicyclic) bond motifs is 1. The third kappa shape index (κ3) is 4.74. The van der Waals surface area contributed by atoms with Crippen molar-refractivity contribution >= 4 is 22.6 Å². The summed E-state index contributed by atoms with van der Waals surface area (Å²) in [4.78, 5) is 17.2. The van der Waals surface area contributed by atoms with Crippen molar-refractivity contribution in [2.75, 3.05) is 12.4 Å². The van der Waals surface area contributed by atoms with E-state index in [-0.39, 0.29) is 18.3 Å². The number of amides is 1. The van der Waals surface area contributed by atoms with E-state index in [0.717, 1.165) is 33.5 Å². The highest BCUT2D eigenvalue weighted by Crippen LogP contribution is 2.30. The van der Waals surface area contributed by atoms with Gasteiger partial charge in [0.25, 0.3) is 0 Å². The van der Waals surface area contributed by atoms with Gasteiger partial charge in [0.15, 0.2) is 5.65 Å². The maximum Gasteiger partial charge on any atom is 0.246 e. The number of rotatable bonds is 7. The molecule has 0 saturated carbocycles. The fourth-order valence-corrected chi connectivity index (χ4v) is 4.07. The number of pyridine rings is 1. The number of carbonyl (C=O) groups is 1. The molecule has 0 fully saturated rings. The topological polar surface area (TPSA) is 86.9 Å². The molecule has 0 radical (unpaired) electrons. The number of nitrogens with zero attached hydrogens (tertiary/aromatic N) is 5. The molecule has 0 saturated heterocycles. The van der Waals surface area contributed by atoms with Gasteiger partial charge in [0.2, 0.25) is 5.91 Å². The van der Waals surface area contributed by atoms with Crippen molar-refractivity contribution in [2.45, 2.75) is 20.0 Å². The van der Waals surface area contributed by atoms with E-state index in [2.05, 4.69) is 20.5 Å². The van der Waals surface area contributed by atoms with Gasteiger partial charge in [-0.15, -0.1) is 0 Å². The summed E-state index contributed by atoms with van der Waals surface area (Å²) in [6.45, 7) is 2.41. The van der Waals surface area contributed by atoms with Crippen molar-refractivity contribution < 1.29 is 13.9 Å². The normalized spacial score (nSPS) is 11.1. The number of aryl methyl sites for hydroxylation is 1. The Morgan fingerprint density at radius 1 is 1.14 bits per heavy atom. The molecule has 2 aromatic carbocycles. The Morgan fingerprint density at radius 3 is 2.77 bits per heavy atom. The third-order valence-electron chi connectivity index (χ3n) is 5.65. The zero-order valence-corrected chi connectivity index (χ0v) is 19.3. The lowest BCUT2D eigenvalue weighted by atomic mass is 10.0. The SMILES string of the molecule is COc1cccc(Cn2cc(NC(=O)Cn3nc(C)c4c(-c5ccc(F)cc5)ccnc43)cn2)c1. The lowest BCUT2D eigenvalue weighted by Crippen LogP contribution is -2.19. The average molecular weight is 471 g/mol. The molecule has 5 aromatic rings. The molecule has 0 aliphatic carbocycles. The van der Waals surface area contributed by atoms with Crippen LogP contribution in [0, 0.1) is 12.7 Å². The Bertz CT molecular complexity index is 1510. The lowest BCUT2D eigenvalue weighted by Gasteiger charge is -2.06. The molecule has 0 aliphatic heterocycles. The fourth-order valence-electron chi connectivity index (χ4n) is 4.07. The largest absolute Gasteiger partial charge is 0.497 e. The smallest absolute Gasteiger partial charge is 0.246 e. The molecule has 8 nitrogen and oxygen atoms in total. The monoisotopic (exact) mass is 470 g/mol. The summed E-state index contributed by atoms with van der Waals surface area (Å²) in [5, 5.41) is 12.6. The van der Waals surface area contributed by atoms with E-state index in [1.165, 1.54) is 12.1 Å². The van der Waals surface area contributed by atoms with Crippen molar-refractivity contribution in [2.24, 2.45) is 0 Å². The lowest BCUT2D eigenvalue weighted by molar-refractivity contribution is -0.116. The molecule has 3 aromatic heterocycles. The van der Waals surface area contributed by atoms with Crippen molar-refractivity contribution in [3.05, 3.63) is 90.3 Å². The Labute approximate surface area is 201 Å². The molecule has 0 bridgehead atoms. The van der Waals surface area contributed by atoms with Gasteiger partial charge in [-0.1, -0.05) is 24.3 Å². The number of hydrogen-bond acceptors (Lipinski definition) is 5. The van der Waals surface area contributed by atoms with E-state index in [1.54, 1.807) is 47.2 Å². The van der Waals surface area contributed by atoms with Crippen LogP contribution in [0.5, 0.6) is 5.75 Å². The van der Waals surface area contributed by atoms with Crippen LogP contribution in [0.1, 0.15) is 11.3 Å². The Hall–Kier alpha value is -4.53. The van der Waals surface area contributed by atoms with E-state index in [9.17, 15) is 9.18 Å². The van der Waals surface area contributed by atoms with Gasteiger partial charge in [-0.3, -0.25) is 9.48 Å². The molecule has 35 heavy (non-hydrogen) atoms. The van der Waals surface area contributed by atoms with Crippen molar-refractivity contribution in [3.8, 4) is 16.9 Å². The zero-order chi connectivity index (χ0) is 24.4. The highest BCUT2D eigenvalue weighted by Gasteiger charge is 2.16. The first-order valence-electron chi connectivity index (χ1n) is 11.0. The molecule has 1 amide bonds. The summed E-state index contributed by atoms with van der Waals surface area (Å²) in [6, 6.07) is 15.9. The Kier molecular flexibility index (Phi) is 5.97. The van der Waals surface area contributed by atoms with Crippen LogP contribution in [0.25, 0.3) is 22.2 Å². The number of ether oxygens (including phenoxy) is 1. The molecule has 9 heteroatoms. The van der Waals surface area contributed by atoms with Crippen molar-refractivity contribution in [3.63, 3.8) is 0 Å². The minimum atomic E-state index is -0.296. The quantitative estimate of drug-likeness (QED) is 0.380. The van der Waals surface area contributed by atoms with Crippen molar-refractivity contribution in [1.29, 1.82) is 0 Å². The van der Waals surface area contributed by atoms with E-state index in [0.29, 0.717) is 17.9 Å². The molecule has 0 aliphatic rings. The van der Waals surface area contributed by atoms with Gasteiger partial charge in [0.1, 0.15) is 18.1 Å². The van der Waals surface area contributed by atoms with Crippen LogP contribution in [0.4, 0.5) is 10.1 Å². The molecule has 3 heterocycles. The number of hydrogen-bond donors (Lipinski definition) is 1. The van der Waals surface area contributed by atoms with Crippen molar-refractivity contribution in [1.82, 2.24) is 24.5 Å². The van der Waals surface area contributed by atoms with Gasteiger partial charge in [0.05, 0.1) is 31.2 Å². The molecule has 0 spiro atoms. The van der Waals surface area contributed by atoms with Crippen LogP contribution < -0.4 is 10.1 Å². The number of methoxy groups -OCH3 is 1. The summed E-state index contributed by atoms with van der Waals surface area (Å²) in [5.41, 5.74) is 4.70. The molecular formula is C26H23FN6O2. The number of carbonyl (C=O) groups excluding carboxylic acids is 1. The number of anilines is 1. The van der Waals surface area contributed by atoms with E-state index in [4.69, 9.17) is 4.74 Å². The summed E-state index contributed by atoms with van der Waals surface area (Å²) >= 11 is 0. The second-order valence-electron chi connectivity index (χ2n) is 8.13. The third-order valence-corrected chi connectivity index (χ3v) is 5.65. The Morgan fingerprint density at radius 2 is 1.97 bits per heavy atom. The molecule has 0 unspecified atom stereocenters. The van der Waals surface area contributed by atoms with E-state index < -0.39 is 0 Å². The molecule has 1 N–H and O–H groups in total. The second-order valence-corrected chi connectivity index (χ2v) is 8.13. The van der Waals surface area contributed by atoms with Gasteiger partial charge < -0.3 is 10.1 Å². The summed E-state index contributed by atoms with van der Waals surface area (Å²) < 4.78 is 22.0. The molecule has 176 valence electrons. The summed E-state index contributed by atoms with van der Waals surface area (Å²) in [7, 11) is 1.63. The number of halogens is 1. The van der Waals surface area contributed by atoms with Gasteiger partial charge in [-0.05, 0) is 53.9 Å². The predicted molar refractivity (Wildman–Crippen MR) is 131 cm³/mol. The van der Waals surface area contributed by atoms with Gasteiger partial charge in [0, 0.05) is 17.8 Å². The first kappa shape index (κ1) is 22.3. The van der Waals surface area contributed by atoms with Gasteiger partial charge >= 0.3 is 0 Å². The summed E-state index contributed by atoms with van der Waals surface area (Å²) in [5.74, 6) is 0.236. The van der Waals surface area contributed by atoms with E-state index in [1.807, 2.05) is 37.3 Å². The maximum atomic E-state index is 13.4. The first-order valence-corrected chi connectivity index (χ1v) is 11.0. The number of aromatic nitrogens is 5. The van der Waals surface area contributed by atoms with E-state index >= 15 is 0 Å². The Balaban J connectivity index is 1.31. The highest BCUT2D eigenvalue weighted by molar-refractivity contribution is 5.96. The minimum absolute atomic E-state index is 0.00866. The second kappa shape index (κ2) is 9.38. The van der Waals surface area contributed by atoms with Crippen LogP contribution >= 0.6 is 0 Å². The van der Waals surface area contributed by atoms with Gasteiger partial charge in [-0.25, -0.2) is 14.1 Å². The summed E-state index contributed by atoms with van der Waals surface area (Å²) in [6.07, 6.45) is 5.04. The van der Waals surface area contributed by atoms with Crippen LogP contribution in [0.3, 0.4) is 0 Å².